The van der Waals surface area contributed by atoms with Gasteiger partial charge in [-0.3, -0.25) is 3.97 Å². The third kappa shape index (κ3) is 2.45. The monoisotopic (exact) mass is 331 g/mol. The van der Waals surface area contributed by atoms with Gasteiger partial charge in [0, 0.05) is 21.0 Å². The summed E-state index contributed by atoms with van der Waals surface area (Å²) >= 11 is 5.39. The summed E-state index contributed by atoms with van der Waals surface area (Å²) in [5.74, 6) is 0. The normalized spacial score (nSPS) is 11.1. The van der Waals surface area contributed by atoms with Gasteiger partial charge in [-0.2, -0.15) is 0 Å². The molecule has 0 spiro atoms. The molecule has 0 aliphatic heterocycles. The highest BCUT2D eigenvalue weighted by molar-refractivity contribution is 9.10. The van der Waals surface area contributed by atoms with Gasteiger partial charge in [0.05, 0.1) is 5.52 Å². The number of para-hydroxylation sites is 1. The number of nitrogens with zero attached hydrogens (tertiary/aromatic N) is 1. The first kappa shape index (κ1) is 12.8. The van der Waals surface area contributed by atoms with E-state index in [1.807, 2.05) is 0 Å². The van der Waals surface area contributed by atoms with Crippen LogP contribution in [0.4, 0.5) is 0 Å². The van der Waals surface area contributed by atoms with Crippen molar-refractivity contribution in [2.75, 3.05) is 0 Å². The fourth-order valence-corrected chi connectivity index (χ4v) is 3.80. The Labute approximate surface area is 125 Å². The summed E-state index contributed by atoms with van der Waals surface area (Å²) in [4.78, 5) is 1.25. The number of fused-ring (bicyclic) bond motifs is 1. The SMILES string of the molecule is Cc1ccc(Sn2cc(Br)c3cccc(C)c32)cc1. The summed E-state index contributed by atoms with van der Waals surface area (Å²) < 4.78 is 3.38. The predicted molar refractivity (Wildman–Crippen MR) is 86.8 cm³/mol. The highest BCUT2D eigenvalue weighted by atomic mass is 79.9. The van der Waals surface area contributed by atoms with Gasteiger partial charge < -0.3 is 0 Å². The molecule has 0 saturated heterocycles. The van der Waals surface area contributed by atoms with Gasteiger partial charge in [-0.25, -0.2) is 0 Å². The maximum atomic E-state index is 3.64. The van der Waals surface area contributed by atoms with Crippen molar-refractivity contribution < 1.29 is 0 Å². The molecule has 0 radical (unpaired) electrons. The second kappa shape index (κ2) is 5.06. The number of hydrogen-bond acceptors (Lipinski definition) is 1. The lowest BCUT2D eigenvalue weighted by atomic mass is 10.2. The Balaban J connectivity index is 2.08. The second-order valence-corrected chi connectivity index (χ2v) is 6.58. The van der Waals surface area contributed by atoms with E-state index in [4.69, 9.17) is 0 Å². The molecule has 3 rings (SSSR count). The minimum Gasteiger partial charge on any atom is -0.286 e. The summed E-state index contributed by atoms with van der Waals surface area (Å²) in [5.41, 5.74) is 3.86. The first-order chi connectivity index (χ1) is 9.15. The Hall–Kier alpha value is -1.19. The van der Waals surface area contributed by atoms with Crippen LogP contribution < -0.4 is 0 Å². The van der Waals surface area contributed by atoms with E-state index >= 15 is 0 Å². The number of rotatable bonds is 2. The maximum Gasteiger partial charge on any atom is 0.0635 e. The molecule has 3 heteroatoms. The average molecular weight is 332 g/mol. The Morgan fingerprint density at radius 2 is 1.74 bits per heavy atom. The highest BCUT2D eigenvalue weighted by Gasteiger charge is 2.09. The molecule has 0 unspecified atom stereocenters. The van der Waals surface area contributed by atoms with Crippen LogP contribution in [0.1, 0.15) is 11.1 Å². The molecule has 1 heterocycles. The van der Waals surface area contributed by atoms with Crippen molar-refractivity contribution in [3.63, 3.8) is 0 Å². The van der Waals surface area contributed by atoms with Crippen LogP contribution in [0.3, 0.4) is 0 Å². The quantitative estimate of drug-likeness (QED) is 0.593. The van der Waals surface area contributed by atoms with E-state index in [9.17, 15) is 0 Å². The van der Waals surface area contributed by atoms with Crippen LogP contribution in [-0.2, 0) is 0 Å². The topological polar surface area (TPSA) is 4.93 Å². The second-order valence-electron chi connectivity index (χ2n) is 4.68. The Morgan fingerprint density at radius 1 is 1.00 bits per heavy atom. The molecular formula is C16H14BrNS. The number of halogens is 1. The summed E-state index contributed by atoms with van der Waals surface area (Å²) in [6.45, 7) is 4.27. The minimum atomic E-state index is 1.14. The highest BCUT2D eigenvalue weighted by Crippen LogP contribution is 2.33. The largest absolute Gasteiger partial charge is 0.286 e. The molecular weight excluding hydrogens is 318 g/mol. The van der Waals surface area contributed by atoms with Crippen molar-refractivity contribution in [3.05, 3.63) is 64.3 Å². The number of benzene rings is 2. The summed E-state index contributed by atoms with van der Waals surface area (Å²) in [7, 11) is 0. The van der Waals surface area contributed by atoms with E-state index in [0.717, 1.165) is 4.47 Å². The number of aryl methyl sites for hydroxylation is 2. The van der Waals surface area contributed by atoms with Gasteiger partial charge in [0.1, 0.15) is 0 Å². The molecule has 0 bridgehead atoms. The average Bonchev–Trinajstić information content (AvgIpc) is 2.71. The van der Waals surface area contributed by atoms with Crippen LogP contribution in [0.5, 0.6) is 0 Å². The third-order valence-electron chi connectivity index (χ3n) is 3.17. The zero-order valence-electron chi connectivity index (χ0n) is 10.9. The molecule has 0 atom stereocenters. The standard InChI is InChI=1S/C16H14BrNS/c1-11-6-8-13(9-7-11)19-18-10-15(17)14-5-3-4-12(2)16(14)18/h3-10H,1-2H3. The Kier molecular flexibility index (Phi) is 3.42. The first-order valence-corrected chi connectivity index (χ1v) is 7.73. The van der Waals surface area contributed by atoms with Crippen LogP contribution in [0.25, 0.3) is 10.9 Å². The maximum absolute atomic E-state index is 3.64. The van der Waals surface area contributed by atoms with Gasteiger partial charge in [-0.15, -0.1) is 0 Å². The molecule has 3 aromatic rings. The van der Waals surface area contributed by atoms with Crippen molar-refractivity contribution in [1.29, 1.82) is 0 Å². The van der Waals surface area contributed by atoms with Crippen LogP contribution in [-0.4, -0.2) is 3.97 Å². The molecule has 0 saturated carbocycles. The molecule has 19 heavy (non-hydrogen) atoms. The van der Waals surface area contributed by atoms with E-state index in [1.54, 1.807) is 11.9 Å². The fourth-order valence-electron chi connectivity index (χ4n) is 2.17. The lowest BCUT2D eigenvalue weighted by molar-refractivity contribution is 1.28. The number of hydrogen-bond donors (Lipinski definition) is 0. The van der Waals surface area contributed by atoms with Gasteiger partial charge in [-0.1, -0.05) is 35.9 Å². The van der Waals surface area contributed by atoms with Crippen molar-refractivity contribution in [3.8, 4) is 0 Å². The minimum absolute atomic E-state index is 1.14. The molecule has 96 valence electrons. The molecule has 0 N–H and O–H groups in total. The van der Waals surface area contributed by atoms with E-state index < -0.39 is 0 Å². The van der Waals surface area contributed by atoms with Crippen LogP contribution >= 0.6 is 27.9 Å². The summed E-state index contributed by atoms with van der Waals surface area (Å²) in [6.07, 6.45) is 2.14. The molecule has 1 nitrogen and oxygen atoms in total. The van der Waals surface area contributed by atoms with Crippen molar-refractivity contribution >= 4 is 38.8 Å². The smallest absolute Gasteiger partial charge is 0.0635 e. The molecule has 1 aromatic heterocycles. The lowest BCUT2D eigenvalue weighted by Gasteiger charge is -2.06. The van der Waals surface area contributed by atoms with E-state index in [0.29, 0.717) is 0 Å². The van der Waals surface area contributed by atoms with Crippen molar-refractivity contribution in [1.82, 2.24) is 3.97 Å². The van der Waals surface area contributed by atoms with Crippen LogP contribution in [0, 0.1) is 13.8 Å². The third-order valence-corrected chi connectivity index (χ3v) is 4.77. The van der Waals surface area contributed by atoms with Gasteiger partial charge in [0.15, 0.2) is 0 Å². The fraction of sp³-hybridized carbons (Fsp3) is 0.125. The summed E-state index contributed by atoms with van der Waals surface area (Å²) in [5, 5.41) is 1.26. The van der Waals surface area contributed by atoms with E-state index in [2.05, 4.69) is 82.4 Å². The molecule has 2 aromatic carbocycles. The molecule has 0 amide bonds. The number of aromatic nitrogens is 1. The van der Waals surface area contributed by atoms with Gasteiger partial charge in [0.2, 0.25) is 0 Å². The van der Waals surface area contributed by atoms with E-state index in [-0.39, 0.29) is 0 Å². The first-order valence-electron chi connectivity index (χ1n) is 6.16. The zero-order chi connectivity index (χ0) is 13.4. The van der Waals surface area contributed by atoms with Crippen molar-refractivity contribution in [2.45, 2.75) is 18.7 Å². The van der Waals surface area contributed by atoms with Crippen LogP contribution in [0.2, 0.25) is 0 Å². The molecule has 0 fully saturated rings. The molecule has 0 aliphatic rings. The van der Waals surface area contributed by atoms with Gasteiger partial charge in [0.25, 0.3) is 0 Å². The Morgan fingerprint density at radius 3 is 2.47 bits per heavy atom. The van der Waals surface area contributed by atoms with E-state index in [1.165, 1.54) is 26.9 Å². The van der Waals surface area contributed by atoms with Crippen molar-refractivity contribution in [2.24, 2.45) is 0 Å². The predicted octanol–water partition coefficient (Wildman–Crippen LogP) is 5.58. The summed E-state index contributed by atoms with van der Waals surface area (Å²) in [6, 6.07) is 15.0. The Bertz CT molecular complexity index is 728. The molecule has 0 aliphatic carbocycles. The van der Waals surface area contributed by atoms with Gasteiger partial charge in [-0.05, 0) is 59.4 Å². The van der Waals surface area contributed by atoms with Crippen LogP contribution in [0.15, 0.2) is 58.0 Å². The van der Waals surface area contributed by atoms with Gasteiger partial charge >= 0.3 is 0 Å². The lowest BCUT2D eigenvalue weighted by Crippen LogP contribution is -1.87. The zero-order valence-corrected chi connectivity index (χ0v) is 13.3.